The summed E-state index contributed by atoms with van der Waals surface area (Å²) in [4.78, 5) is 0. The number of hydrogen-bond acceptors (Lipinski definition) is 1. The third-order valence-electron chi connectivity index (χ3n) is 11.3. The van der Waals surface area contributed by atoms with Crippen molar-refractivity contribution >= 4 is 33.7 Å². The molecule has 4 aliphatic rings. The molecule has 11 rings (SSSR count). The van der Waals surface area contributed by atoms with Gasteiger partial charge in [-0.15, -0.1) is 0 Å². The van der Waals surface area contributed by atoms with Crippen molar-refractivity contribution in [1.29, 1.82) is 0 Å². The number of rotatable bonds is 4. The lowest BCUT2D eigenvalue weighted by atomic mass is 9.93. The lowest BCUT2D eigenvalue weighted by molar-refractivity contribution is 0.451. The third kappa shape index (κ3) is 4.27. The van der Waals surface area contributed by atoms with E-state index < -0.39 is 0 Å². The Kier molecular flexibility index (Phi) is 6.58. The summed E-state index contributed by atoms with van der Waals surface area (Å²) in [5.74, 6) is 3.35. The van der Waals surface area contributed by atoms with Crippen LogP contribution >= 0.6 is 0 Å². The SMILES string of the molecule is CC.CCc1c2c(n(-c3ccc4cc(-c5ccc6c7c(cccc57)-c5ccccc5-6)ccc4c3)c1/C=C1\Cc3ccccc3O1)C=CC1CC21. The first kappa shape index (κ1) is 29.3. The molecule has 2 heterocycles. The maximum atomic E-state index is 6.39. The van der Waals surface area contributed by atoms with E-state index in [1.807, 2.05) is 13.8 Å². The first-order valence-electron chi connectivity index (χ1n) is 18.4. The average Bonchev–Trinajstić information content (AvgIpc) is 3.59. The minimum Gasteiger partial charge on any atom is -0.461 e. The highest BCUT2D eigenvalue weighted by molar-refractivity contribution is 6.18. The molecule has 0 spiro atoms. The average molecular weight is 646 g/mol. The number of aromatic nitrogens is 1. The predicted molar refractivity (Wildman–Crippen MR) is 210 cm³/mol. The second kappa shape index (κ2) is 11.2. The normalized spacial score (nSPS) is 17.9. The number of hydrogen-bond donors (Lipinski definition) is 0. The van der Waals surface area contributed by atoms with Crippen molar-refractivity contribution in [3.8, 4) is 44.8 Å². The number of nitrogens with zero attached hydrogens (tertiary/aromatic N) is 1. The van der Waals surface area contributed by atoms with E-state index in [-0.39, 0.29) is 0 Å². The van der Waals surface area contributed by atoms with Gasteiger partial charge in [0.1, 0.15) is 11.5 Å². The molecular weight excluding hydrogens is 607 g/mol. The number of para-hydroxylation sites is 1. The second-order valence-corrected chi connectivity index (χ2v) is 13.9. The Morgan fingerprint density at radius 2 is 1.48 bits per heavy atom. The summed E-state index contributed by atoms with van der Waals surface area (Å²) >= 11 is 0. The highest BCUT2D eigenvalue weighted by atomic mass is 16.5. The molecular formula is C48H39NO. The van der Waals surface area contributed by atoms with Crippen LogP contribution in [0.4, 0.5) is 0 Å². The van der Waals surface area contributed by atoms with Gasteiger partial charge in [-0.05, 0) is 121 Å². The van der Waals surface area contributed by atoms with Crippen LogP contribution in [0.2, 0.25) is 0 Å². The molecule has 50 heavy (non-hydrogen) atoms. The molecule has 0 amide bonds. The quantitative estimate of drug-likeness (QED) is 0.186. The molecule has 1 fully saturated rings. The zero-order valence-electron chi connectivity index (χ0n) is 28.8. The Hall–Kier alpha value is -5.60. The van der Waals surface area contributed by atoms with Crippen LogP contribution < -0.4 is 4.74 Å². The van der Waals surface area contributed by atoms with Crippen LogP contribution in [0.1, 0.15) is 61.2 Å². The summed E-state index contributed by atoms with van der Waals surface area (Å²) in [6.07, 6.45) is 10.3. The van der Waals surface area contributed by atoms with E-state index in [1.54, 1.807) is 5.56 Å². The Balaban J connectivity index is 0.00000156. The minimum absolute atomic E-state index is 0.647. The van der Waals surface area contributed by atoms with Gasteiger partial charge in [0.05, 0.1) is 5.69 Å². The molecule has 2 nitrogen and oxygen atoms in total. The summed E-state index contributed by atoms with van der Waals surface area (Å²) in [6.45, 7) is 6.31. The largest absolute Gasteiger partial charge is 0.461 e. The van der Waals surface area contributed by atoms with Gasteiger partial charge in [0.25, 0.3) is 0 Å². The molecule has 2 atom stereocenters. The Morgan fingerprint density at radius 1 is 0.740 bits per heavy atom. The van der Waals surface area contributed by atoms with Gasteiger partial charge in [-0.1, -0.05) is 118 Å². The molecule has 0 radical (unpaired) electrons. The molecule has 6 aromatic carbocycles. The van der Waals surface area contributed by atoms with Crippen LogP contribution in [0.3, 0.4) is 0 Å². The standard InChI is InChI=1S/C46H33NO.C2H6/c1-2-34-43(26-33-24-31-8-3-6-13-44(31)48-33)47(42-21-17-30-25-41(30)46(34)42)32-18-16-27-22-29(15-14-28(27)23-32)35-19-20-40-37-10-5-4-9-36(37)39-12-7-11-38(35)45(39)40;1-2/h3-23,26,30,41H,2,24-25H2,1H3;1-2H3/b33-26+;. The molecule has 2 heteroatoms. The molecule has 1 saturated carbocycles. The number of benzene rings is 6. The molecule has 1 aromatic heterocycles. The molecule has 7 aromatic rings. The number of fused-ring (bicyclic) bond motifs is 8. The van der Waals surface area contributed by atoms with Gasteiger partial charge in [-0.3, -0.25) is 0 Å². The van der Waals surface area contributed by atoms with Crippen molar-refractivity contribution < 1.29 is 4.74 Å². The van der Waals surface area contributed by atoms with Gasteiger partial charge >= 0.3 is 0 Å². The van der Waals surface area contributed by atoms with Crippen molar-refractivity contribution in [2.24, 2.45) is 5.92 Å². The highest BCUT2D eigenvalue weighted by Crippen LogP contribution is 2.56. The van der Waals surface area contributed by atoms with Crippen LogP contribution in [0, 0.1) is 5.92 Å². The van der Waals surface area contributed by atoms with E-state index in [9.17, 15) is 0 Å². The van der Waals surface area contributed by atoms with E-state index in [4.69, 9.17) is 4.74 Å². The summed E-state index contributed by atoms with van der Waals surface area (Å²) in [7, 11) is 0. The molecule has 0 N–H and O–H groups in total. The second-order valence-electron chi connectivity index (χ2n) is 13.9. The first-order valence-corrected chi connectivity index (χ1v) is 18.4. The van der Waals surface area contributed by atoms with Crippen LogP contribution in [0.15, 0.2) is 127 Å². The van der Waals surface area contributed by atoms with Gasteiger partial charge in [0.2, 0.25) is 0 Å². The molecule has 2 unspecified atom stereocenters. The lowest BCUT2D eigenvalue weighted by Gasteiger charge is -2.15. The van der Waals surface area contributed by atoms with E-state index in [0.29, 0.717) is 11.8 Å². The number of allylic oxidation sites excluding steroid dienone is 2. The zero-order chi connectivity index (χ0) is 33.5. The van der Waals surface area contributed by atoms with E-state index in [2.05, 4.69) is 145 Å². The fourth-order valence-electron chi connectivity index (χ4n) is 8.98. The lowest BCUT2D eigenvalue weighted by Crippen LogP contribution is -2.02. The molecule has 242 valence electrons. The van der Waals surface area contributed by atoms with Crippen LogP contribution in [-0.2, 0) is 12.8 Å². The fraction of sp³-hybridized carbons (Fsp3) is 0.167. The van der Waals surface area contributed by atoms with Gasteiger partial charge < -0.3 is 9.30 Å². The van der Waals surface area contributed by atoms with Gasteiger partial charge in [0.15, 0.2) is 0 Å². The third-order valence-corrected chi connectivity index (χ3v) is 11.3. The Morgan fingerprint density at radius 3 is 2.32 bits per heavy atom. The van der Waals surface area contributed by atoms with E-state index in [1.165, 1.54) is 89.5 Å². The summed E-state index contributed by atoms with van der Waals surface area (Å²) in [6, 6.07) is 42.6. The van der Waals surface area contributed by atoms with Crippen molar-refractivity contribution in [3.05, 3.63) is 155 Å². The first-order chi connectivity index (χ1) is 24.7. The smallest absolute Gasteiger partial charge is 0.130 e. The van der Waals surface area contributed by atoms with E-state index in [0.717, 1.165) is 24.4 Å². The van der Waals surface area contributed by atoms with E-state index >= 15 is 0 Å². The molecule has 0 bridgehead atoms. The summed E-state index contributed by atoms with van der Waals surface area (Å²) < 4.78 is 8.90. The molecule has 3 aliphatic carbocycles. The predicted octanol–water partition coefficient (Wildman–Crippen LogP) is 12.8. The highest BCUT2D eigenvalue weighted by Gasteiger charge is 2.43. The van der Waals surface area contributed by atoms with Gasteiger partial charge in [-0.25, -0.2) is 0 Å². The topological polar surface area (TPSA) is 14.2 Å². The Bertz CT molecular complexity index is 2540. The van der Waals surface area contributed by atoms with Crippen LogP contribution in [0.25, 0.3) is 72.8 Å². The van der Waals surface area contributed by atoms with Gasteiger partial charge in [0, 0.05) is 29.4 Å². The van der Waals surface area contributed by atoms with Crippen molar-refractivity contribution in [1.82, 2.24) is 4.57 Å². The molecule has 1 aliphatic heterocycles. The van der Waals surface area contributed by atoms with Crippen molar-refractivity contribution in [3.63, 3.8) is 0 Å². The summed E-state index contributed by atoms with van der Waals surface area (Å²) in [5.41, 5.74) is 16.0. The monoisotopic (exact) mass is 645 g/mol. The number of ether oxygens (including phenoxy) is 1. The fourth-order valence-corrected chi connectivity index (χ4v) is 8.98. The zero-order valence-corrected chi connectivity index (χ0v) is 28.8. The maximum absolute atomic E-state index is 6.39. The van der Waals surface area contributed by atoms with Crippen LogP contribution in [-0.4, -0.2) is 4.57 Å². The molecule has 0 saturated heterocycles. The van der Waals surface area contributed by atoms with Crippen molar-refractivity contribution in [2.75, 3.05) is 0 Å². The summed E-state index contributed by atoms with van der Waals surface area (Å²) in [5, 5.41) is 5.20. The van der Waals surface area contributed by atoms with Gasteiger partial charge in [-0.2, -0.15) is 0 Å². The minimum atomic E-state index is 0.647. The van der Waals surface area contributed by atoms with Crippen molar-refractivity contribution in [2.45, 2.75) is 46.0 Å². The maximum Gasteiger partial charge on any atom is 0.130 e. The van der Waals surface area contributed by atoms with Crippen LogP contribution in [0.5, 0.6) is 5.75 Å². The Labute approximate surface area is 294 Å².